The molecule has 0 spiro atoms. The lowest BCUT2D eigenvalue weighted by molar-refractivity contribution is -0.140. The molecule has 20 heavy (non-hydrogen) atoms. The van der Waals surface area contributed by atoms with Crippen LogP contribution in [0.1, 0.15) is 6.92 Å². The van der Waals surface area contributed by atoms with Gasteiger partial charge in [0.2, 0.25) is 0 Å². The predicted octanol–water partition coefficient (Wildman–Crippen LogP) is 3.11. The van der Waals surface area contributed by atoms with Crippen molar-refractivity contribution in [1.82, 2.24) is 0 Å². The highest BCUT2D eigenvalue weighted by molar-refractivity contribution is 9.10. The molecule has 0 heterocycles. The van der Waals surface area contributed by atoms with Crippen molar-refractivity contribution in [2.45, 2.75) is 11.2 Å². The largest absolute Gasteiger partial charge is 0.481 e. The third kappa shape index (κ3) is 4.06. The highest BCUT2D eigenvalue weighted by Gasteiger charge is 2.42. The average molecular weight is 339 g/mol. The zero-order chi connectivity index (χ0) is 15.2. The SMILES string of the molecule is CC1(Br)C(C(=O)O)=CC=CC1C(=O)O.c1ccccc1. The molecular formula is C15H15BrO4. The molecule has 0 amide bonds. The summed E-state index contributed by atoms with van der Waals surface area (Å²) in [5.41, 5.74) is 0.0485. The Morgan fingerprint density at radius 1 is 1.10 bits per heavy atom. The highest BCUT2D eigenvalue weighted by Crippen LogP contribution is 2.38. The van der Waals surface area contributed by atoms with Crippen LogP contribution >= 0.6 is 15.9 Å². The standard InChI is InChI=1S/C9H9BrO4.C6H6/c1-9(10)5(7(11)12)3-2-4-6(9)8(13)14;1-2-4-6-5-3-1/h2-5H,1H3,(H,11,12)(H,13,14);1-6H. The van der Waals surface area contributed by atoms with Gasteiger partial charge in [-0.15, -0.1) is 0 Å². The third-order valence-corrected chi connectivity index (χ3v) is 3.76. The van der Waals surface area contributed by atoms with E-state index in [1.54, 1.807) is 0 Å². The van der Waals surface area contributed by atoms with Crippen LogP contribution in [0.5, 0.6) is 0 Å². The summed E-state index contributed by atoms with van der Waals surface area (Å²) in [5.74, 6) is -3.02. The zero-order valence-electron chi connectivity index (χ0n) is 10.9. The molecule has 2 N–H and O–H groups in total. The van der Waals surface area contributed by atoms with Crippen LogP contribution in [0.25, 0.3) is 0 Å². The lowest BCUT2D eigenvalue weighted by Crippen LogP contribution is -2.38. The van der Waals surface area contributed by atoms with Gasteiger partial charge in [0, 0.05) is 0 Å². The minimum Gasteiger partial charge on any atom is -0.481 e. The molecule has 4 nitrogen and oxygen atoms in total. The van der Waals surface area contributed by atoms with Gasteiger partial charge in [-0.3, -0.25) is 4.79 Å². The average Bonchev–Trinajstić information content (AvgIpc) is 2.39. The van der Waals surface area contributed by atoms with Crippen molar-refractivity contribution < 1.29 is 19.8 Å². The summed E-state index contributed by atoms with van der Waals surface area (Å²) in [6.45, 7) is 1.54. The molecule has 1 aliphatic rings. The summed E-state index contributed by atoms with van der Waals surface area (Å²) in [4.78, 5) is 21.6. The first-order chi connectivity index (χ1) is 9.37. The first kappa shape index (κ1) is 16.2. The Balaban J connectivity index is 0.000000276. The molecule has 0 saturated carbocycles. The van der Waals surface area contributed by atoms with Crippen LogP contribution in [-0.2, 0) is 9.59 Å². The van der Waals surface area contributed by atoms with Gasteiger partial charge >= 0.3 is 11.9 Å². The van der Waals surface area contributed by atoms with Crippen molar-refractivity contribution in [1.29, 1.82) is 0 Å². The number of rotatable bonds is 2. The van der Waals surface area contributed by atoms with Crippen molar-refractivity contribution in [2.75, 3.05) is 0 Å². The second-order valence-electron chi connectivity index (χ2n) is 4.32. The molecular weight excluding hydrogens is 324 g/mol. The normalized spacial score (nSPS) is 24.1. The third-order valence-electron chi connectivity index (χ3n) is 2.84. The molecule has 0 radical (unpaired) electrons. The summed E-state index contributed by atoms with van der Waals surface area (Å²) in [6, 6.07) is 12.0. The molecule has 0 bridgehead atoms. The maximum absolute atomic E-state index is 10.8. The number of carbonyl (C=O) groups is 2. The van der Waals surface area contributed by atoms with Gasteiger partial charge in [0.15, 0.2) is 0 Å². The number of carboxylic acids is 2. The minimum absolute atomic E-state index is 0.0485. The number of alkyl halides is 1. The number of hydrogen-bond donors (Lipinski definition) is 2. The second kappa shape index (κ2) is 7.05. The Bertz CT molecular complexity index is 505. The van der Waals surface area contributed by atoms with Crippen LogP contribution in [0.4, 0.5) is 0 Å². The Labute approximate surface area is 125 Å². The van der Waals surface area contributed by atoms with Crippen LogP contribution in [-0.4, -0.2) is 26.5 Å². The molecule has 106 valence electrons. The molecule has 2 unspecified atom stereocenters. The molecule has 1 aromatic rings. The lowest BCUT2D eigenvalue weighted by atomic mass is 9.83. The molecule has 0 aromatic heterocycles. The number of carboxylic acid groups (broad SMARTS) is 2. The number of allylic oxidation sites excluding steroid dienone is 2. The number of halogens is 1. The van der Waals surface area contributed by atoms with E-state index in [0.717, 1.165) is 0 Å². The molecule has 5 heteroatoms. The monoisotopic (exact) mass is 338 g/mol. The van der Waals surface area contributed by atoms with Crippen LogP contribution in [0.3, 0.4) is 0 Å². The van der Waals surface area contributed by atoms with E-state index in [1.807, 2.05) is 36.4 Å². The van der Waals surface area contributed by atoms with E-state index in [2.05, 4.69) is 15.9 Å². The zero-order valence-corrected chi connectivity index (χ0v) is 12.4. The molecule has 1 aliphatic carbocycles. The van der Waals surface area contributed by atoms with Crippen LogP contribution in [0.2, 0.25) is 0 Å². The minimum atomic E-state index is -1.11. The van der Waals surface area contributed by atoms with E-state index in [-0.39, 0.29) is 5.57 Å². The summed E-state index contributed by atoms with van der Waals surface area (Å²) in [6.07, 6.45) is 4.31. The molecule has 0 aliphatic heterocycles. The van der Waals surface area contributed by atoms with Gasteiger partial charge in [-0.1, -0.05) is 70.6 Å². The Morgan fingerprint density at radius 3 is 1.90 bits per heavy atom. The van der Waals surface area contributed by atoms with Crippen molar-refractivity contribution in [3.8, 4) is 0 Å². The Hall–Kier alpha value is -1.88. The van der Waals surface area contributed by atoms with Gasteiger partial charge in [-0.25, -0.2) is 4.79 Å². The van der Waals surface area contributed by atoms with Crippen LogP contribution in [0.15, 0.2) is 60.2 Å². The van der Waals surface area contributed by atoms with Gasteiger partial charge < -0.3 is 10.2 Å². The van der Waals surface area contributed by atoms with Gasteiger partial charge in [0.25, 0.3) is 0 Å². The lowest BCUT2D eigenvalue weighted by Gasteiger charge is -2.30. The first-order valence-electron chi connectivity index (χ1n) is 5.91. The van der Waals surface area contributed by atoms with Crippen molar-refractivity contribution in [3.05, 3.63) is 60.2 Å². The van der Waals surface area contributed by atoms with E-state index >= 15 is 0 Å². The summed E-state index contributed by atoms with van der Waals surface area (Å²) >= 11 is 3.15. The van der Waals surface area contributed by atoms with E-state index in [1.165, 1.54) is 25.2 Å². The molecule has 1 aromatic carbocycles. The van der Waals surface area contributed by atoms with Crippen LogP contribution in [0, 0.1) is 5.92 Å². The van der Waals surface area contributed by atoms with E-state index in [4.69, 9.17) is 10.2 Å². The van der Waals surface area contributed by atoms with Gasteiger partial charge in [-0.2, -0.15) is 0 Å². The summed E-state index contributed by atoms with van der Waals surface area (Å²) in [7, 11) is 0. The predicted molar refractivity (Wildman–Crippen MR) is 79.8 cm³/mol. The van der Waals surface area contributed by atoms with E-state index < -0.39 is 22.2 Å². The maximum atomic E-state index is 10.8. The van der Waals surface area contributed by atoms with Crippen molar-refractivity contribution in [2.24, 2.45) is 5.92 Å². The van der Waals surface area contributed by atoms with Crippen molar-refractivity contribution >= 4 is 27.9 Å². The van der Waals surface area contributed by atoms with Gasteiger partial charge in [0.05, 0.1) is 15.8 Å². The van der Waals surface area contributed by atoms with Crippen LogP contribution < -0.4 is 0 Å². The highest BCUT2D eigenvalue weighted by atomic mass is 79.9. The van der Waals surface area contributed by atoms with Gasteiger partial charge in [0.1, 0.15) is 0 Å². The second-order valence-corrected chi connectivity index (χ2v) is 5.96. The Morgan fingerprint density at radius 2 is 1.55 bits per heavy atom. The summed E-state index contributed by atoms with van der Waals surface area (Å²) in [5, 5.41) is 17.7. The fraction of sp³-hybridized carbons (Fsp3) is 0.200. The fourth-order valence-corrected chi connectivity index (χ4v) is 2.40. The fourth-order valence-electron chi connectivity index (χ4n) is 1.75. The molecule has 0 fully saturated rings. The van der Waals surface area contributed by atoms with Crippen molar-refractivity contribution in [3.63, 3.8) is 0 Å². The summed E-state index contributed by atoms with van der Waals surface area (Å²) < 4.78 is -1.06. The molecule has 2 rings (SSSR count). The topological polar surface area (TPSA) is 74.6 Å². The quantitative estimate of drug-likeness (QED) is 0.812. The van der Waals surface area contributed by atoms with Gasteiger partial charge in [-0.05, 0) is 6.92 Å². The first-order valence-corrected chi connectivity index (χ1v) is 6.70. The smallest absolute Gasteiger partial charge is 0.333 e. The van der Waals surface area contributed by atoms with E-state index in [0.29, 0.717) is 0 Å². The molecule has 2 atom stereocenters. The van der Waals surface area contributed by atoms with E-state index in [9.17, 15) is 9.59 Å². The number of aliphatic carboxylic acids is 2. The molecule has 0 saturated heterocycles. The maximum Gasteiger partial charge on any atom is 0.333 e. The number of hydrogen-bond acceptors (Lipinski definition) is 2. The Kier molecular flexibility index (Phi) is 5.70. The number of benzene rings is 1.